The van der Waals surface area contributed by atoms with Gasteiger partial charge in [0.15, 0.2) is 18.5 Å². The molecule has 0 heterocycles. The molecule has 1 unspecified atom stereocenters. The van der Waals surface area contributed by atoms with Crippen molar-refractivity contribution >= 4 is 18.5 Å². The van der Waals surface area contributed by atoms with Gasteiger partial charge in [0.05, 0.1) is 12.5 Å². The van der Waals surface area contributed by atoms with Crippen LogP contribution in [0.4, 0.5) is 0 Å². The number of aliphatic hydroxyl groups excluding tert-OH is 1. The van der Waals surface area contributed by atoms with Crippen LogP contribution in [0.15, 0.2) is 0 Å². The van der Waals surface area contributed by atoms with Gasteiger partial charge in [-0.15, -0.1) is 0 Å². The van der Waals surface area contributed by atoms with E-state index in [-0.39, 0.29) is 6.61 Å². The smallest absolute Gasteiger partial charge is 0.176 e. The van der Waals surface area contributed by atoms with Gasteiger partial charge < -0.3 is 5.11 Å². The average molecular weight is 176 g/mol. The Morgan fingerprint density at radius 2 is 2.20 bits per heavy atom. The van der Waals surface area contributed by atoms with E-state index in [0.717, 1.165) is 18.7 Å². The molecular formula is C6H11NOPS+. The van der Waals surface area contributed by atoms with Crippen LogP contribution in [-0.4, -0.2) is 24.0 Å². The van der Waals surface area contributed by atoms with E-state index in [1.165, 1.54) is 0 Å². The summed E-state index contributed by atoms with van der Waals surface area (Å²) in [6.07, 6.45) is 3.13. The van der Waals surface area contributed by atoms with Gasteiger partial charge in [-0.1, -0.05) is 0 Å². The van der Waals surface area contributed by atoms with E-state index in [1.807, 2.05) is 0 Å². The van der Waals surface area contributed by atoms with Crippen LogP contribution in [0.2, 0.25) is 0 Å². The van der Waals surface area contributed by atoms with Crippen molar-refractivity contribution in [1.29, 1.82) is 5.26 Å². The van der Waals surface area contributed by atoms with Gasteiger partial charge in [-0.3, -0.25) is 0 Å². The zero-order valence-electron chi connectivity index (χ0n) is 5.79. The second-order valence-corrected chi connectivity index (χ2v) is 5.32. The van der Waals surface area contributed by atoms with E-state index in [4.69, 9.17) is 22.2 Å². The Morgan fingerprint density at radius 1 is 1.50 bits per heavy atom. The lowest BCUT2D eigenvalue weighted by molar-refractivity contribution is 0.296. The summed E-state index contributed by atoms with van der Waals surface area (Å²) >= 11 is 5.07. The van der Waals surface area contributed by atoms with Crippen molar-refractivity contribution in [2.45, 2.75) is 12.8 Å². The molecule has 0 aliphatic carbocycles. The Morgan fingerprint density at radius 3 is 2.70 bits per heavy atom. The van der Waals surface area contributed by atoms with Gasteiger partial charge in [0.1, 0.15) is 12.3 Å². The Bertz CT molecular complexity index is 143. The van der Waals surface area contributed by atoms with Gasteiger partial charge in [-0.05, 0) is 0 Å². The maximum Gasteiger partial charge on any atom is 0.176 e. The third-order valence-corrected chi connectivity index (χ3v) is 3.67. The van der Waals surface area contributed by atoms with Crippen molar-refractivity contribution in [2.75, 3.05) is 18.9 Å². The van der Waals surface area contributed by atoms with Crippen LogP contribution in [0.5, 0.6) is 0 Å². The van der Waals surface area contributed by atoms with E-state index < -0.39 is 6.70 Å². The molecule has 0 aliphatic rings. The molecule has 0 saturated carbocycles. The Balaban J connectivity index is 3.19. The van der Waals surface area contributed by atoms with Crippen molar-refractivity contribution in [3.05, 3.63) is 0 Å². The number of nitrogens with zero attached hydrogens (tertiary/aromatic N) is 1. The first-order chi connectivity index (χ1) is 4.81. The minimum atomic E-state index is -0.392. The highest BCUT2D eigenvalue weighted by molar-refractivity contribution is 8.05. The van der Waals surface area contributed by atoms with Crippen LogP contribution in [0.1, 0.15) is 12.8 Å². The molecule has 56 valence electrons. The molecule has 0 aliphatic heterocycles. The van der Waals surface area contributed by atoms with E-state index in [0.29, 0.717) is 6.42 Å². The van der Waals surface area contributed by atoms with Crippen LogP contribution in [0, 0.1) is 11.3 Å². The molecule has 4 heteroatoms. The maximum absolute atomic E-state index is 8.44. The normalized spacial score (nSPS) is 10.6. The molecule has 0 aromatic rings. The van der Waals surface area contributed by atoms with Crippen LogP contribution in [-0.2, 0) is 11.8 Å². The molecule has 1 N–H and O–H groups in total. The van der Waals surface area contributed by atoms with Crippen molar-refractivity contribution in [1.82, 2.24) is 0 Å². The summed E-state index contributed by atoms with van der Waals surface area (Å²) in [6, 6.07) is 2.06. The molecular weight excluding hydrogens is 165 g/mol. The van der Waals surface area contributed by atoms with E-state index in [9.17, 15) is 0 Å². The van der Waals surface area contributed by atoms with Crippen LogP contribution in [0.3, 0.4) is 0 Å². The molecule has 0 spiro atoms. The fraction of sp³-hybridized carbons (Fsp3) is 0.833. The summed E-state index contributed by atoms with van der Waals surface area (Å²) in [7, 11) is 0. The molecule has 10 heavy (non-hydrogen) atoms. The standard InChI is InChI=1S/C6H11NOPS/c7-3-1-5-9(10)6-2-4-8/h8H,1-2,4-6H2/q+1. The van der Waals surface area contributed by atoms with Crippen LogP contribution in [0.25, 0.3) is 0 Å². The van der Waals surface area contributed by atoms with Crippen molar-refractivity contribution in [3.63, 3.8) is 0 Å². The summed E-state index contributed by atoms with van der Waals surface area (Å²) in [5.74, 6) is 0. The number of hydrogen-bond donors (Lipinski definition) is 1. The Labute approximate surface area is 67.3 Å². The predicted octanol–water partition coefficient (Wildman–Crippen LogP) is 1.23. The number of hydrogen-bond acceptors (Lipinski definition) is 3. The van der Waals surface area contributed by atoms with Gasteiger partial charge in [-0.2, -0.15) is 5.26 Å². The van der Waals surface area contributed by atoms with Gasteiger partial charge in [0.25, 0.3) is 0 Å². The molecule has 0 rings (SSSR count). The summed E-state index contributed by atoms with van der Waals surface area (Å²) in [5.41, 5.74) is 0. The summed E-state index contributed by atoms with van der Waals surface area (Å²) < 4.78 is 0. The molecule has 0 radical (unpaired) electrons. The molecule has 0 amide bonds. The zero-order chi connectivity index (χ0) is 7.82. The Hall–Kier alpha value is -0.0300. The van der Waals surface area contributed by atoms with Crippen LogP contribution >= 0.6 is 6.70 Å². The Kier molecular flexibility index (Phi) is 7.06. The third-order valence-electron chi connectivity index (χ3n) is 1.04. The highest BCUT2D eigenvalue weighted by atomic mass is 32.4. The average Bonchev–Trinajstić information content (AvgIpc) is 1.97. The lowest BCUT2D eigenvalue weighted by atomic mass is 10.5. The minimum Gasteiger partial charge on any atom is -0.396 e. The quantitative estimate of drug-likeness (QED) is 0.641. The minimum absolute atomic E-state index is 0.224. The number of aliphatic hydroxyl groups is 1. The molecule has 1 atom stereocenters. The molecule has 0 aromatic heterocycles. The van der Waals surface area contributed by atoms with Gasteiger partial charge in [-0.25, -0.2) is 0 Å². The van der Waals surface area contributed by atoms with Crippen molar-refractivity contribution in [3.8, 4) is 6.07 Å². The molecule has 0 fully saturated rings. The molecule has 0 aromatic carbocycles. The highest BCUT2D eigenvalue weighted by Crippen LogP contribution is 2.21. The first kappa shape index (κ1) is 9.97. The van der Waals surface area contributed by atoms with Gasteiger partial charge >= 0.3 is 0 Å². The van der Waals surface area contributed by atoms with Crippen LogP contribution < -0.4 is 0 Å². The second kappa shape index (κ2) is 7.08. The first-order valence-electron chi connectivity index (χ1n) is 3.21. The van der Waals surface area contributed by atoms with Crippen molar-refractivity contribution in [2.24, 2.45) is 0 Å². The summed E-state index contributed by atoms with van der Waals surface area (Å²) in [5, 5.41) is 16.6. The largest absolute Gasteiger partial charge is 0.396 e. The molecule has 0 saturated heterocycles. The van der Waals surface area contributed by atoms with E-state index >= 15 is 0 Å². The predicted molar refractivity (Wildman–Crippen MR) is 46.0 cm³/mol. The lowest BCUT2D eigenvalue weighted by Gasteiger charge is -1.85. The number of nitriles is 1. The van der Waals surface area contributed by atoms with Crippen molar-refractivity contribution < 1.29 is 5.11 Å². The van der Waals surface area contributed by atoms with Gasteiger partial charge in [0.2, 0.25) is 0 Å². The lowest BCUT2D eigenvalue weighted by Crippen LogP contribution is -1.87. The van der Waals surface area contributed by atoms with E-state index in [2.05, 4.69) is 6.07 Å². The number of rotatable bonds is 5. The molecule has 2 nitrogen and oxygen atoms in total. The van der Waals surface area contributed by atoms with E-state index in [1.54, 1.807) is 0 Å². The SMILES string of the molecule is N#CCC[P+](=S)CCCO. The maximum atomic E-state index is 8.44. The fourth-order valence-electron chi connectivity index (χ4n) is 0.534. The highest BCUT2D eigenvalue weighted by Gasteiger charge is 2.06. The summed E-state index contributed by atoms with van der Waals surface area (Å²) in [6.45, 7) is -0.167. The third kappa shape index (κ3) is 6.10. The fourth-order valence-corrected chi connectivity index (χ4v) is 2.26. The monoisotopic (exact) mass is 176 g/mol. The topological polar surface area (TPSA) is 44.0 Å². The summed E-state index contributed by atoms with van der Waals surface area (Å²) in [4.78, 5) is 0. The first-order valence-corrected chi connectivity index (χ1v) is 5.93. The van der Waals surface area contributed by atoms with Gasteiger partial charge in [0, 0.05) is 13.0 Å². The zero-order valence-corrected chi connectivity index (χ0v) is 7.50. The second-order valence-electron chi connectivity index (χ2n) is 1.91. The molecule has 0 bridgehead atoms.